The molecular weight excluding hydrogens is 452 g/mol. The monoisotopic (exact) mass is 486 g/mol. The number of carbonyl (C=O) groups is 2. The second kappa shape index (κ2) is 14.0. The van der Waals surface area contributed by atoms with Crippen molar-refractivity contribution in [3.05, 3.63) is 114 Å². The molecule has 2 atom stereocenters. The summed E-state index contributed by atoms with van der Waals surface area (Å²) < 4.78 is 5.74. The lowest BCUT2D eigenvalue weighted by molar-refractivity contribution is -0.131. The Morgan fingerprint density at radius 2 is 1.61 bits per heavy atom. The number of aliphatic hydroxyl groups excluding tert-OH is 1. The van der Waals surface area contributed by atoms with Crippen LogP contribution in [0.1, 0.15) is 40.9 Å². The van der Waals surface area contributed by atoms with Crippen LogP contribution in [0.4, 0.5) is 5.69 Å². The smallest absolute Gasteiger partial charge is 0.255 e. The molecule has 0 radical (unpaired) electrons. The molecular formula is C30H34N2O4. The second-order valence-corrected chi connectivity index (χ2v) is 8.61. The number of ether oxygens (including phenoxy) is 1. The van der Waals surface area contributed by atoms with E-state index in [-0.39, 0.29) is 36.9 Å². The van der Waals surface area contributed by atoms with Gasteiger partial charge >= 0.3 is 0 Å². The molecule has 0 aliphatic heterocycles. The van der Waals surface area contributed by atoms with E-state index in [0.29, 0.717) is 24.3 Å². The first kappa shape index (κ1) is 26.9. The largest absolute Gasteiger partial charge is 0.395 e. The first-order chi connectivity index (χ1) is 17.5. The molecule has 2 N–H and O–H groups in total. The van der Waals surface area contributed by atoms with Gasteiger partial charge in [-0.25, -0.2) is 0 Å². The molecule has 0 fully saturated rings. The van der Waals surface area contributed by atoms with Crippen LogP contribution in [0.2, 0.25) is 0 Å². The van der Waals surface area contributed by atoms with Gasteiger partial charge < -0.3 is 20.1 Å². The maximum absolute atomic E-state index is 12.8. The highest BCUT2D eigenvalue weighted by atomic mass is 16.5. The molecule has 2 amide bonds. The van der Waals surface area contributed by atoms with Crippen molar-refractivity contribution in [3.8, 4) is 0 Å². The Bertz CT molecular complexity index is 1110. The summed E-state index contributed by atoms with van der Waals surface area (Å²) in [7, 11) is 1.66. The third-order valence-corrected chi connectivity index (χ3v) is 5.94. The van der Waals surface area contributed by atoms with E-state index in [9.17, 15) is 14.7 Å². The van der Waals surface area contributed by atoms with E-state index in [4.69, 9.17) is 4.74 Å². The van der Waals surface area contributed by atoms with Gasteiger partial charge in [-0.05, 0) is 35.4 Å². The minimum Gasteiger partial charge on any atom is -0.395 e. The Labute approximate surface area is 213 Å². The van der Waals surface area contributed by atoms with Gasteiger partial charge in [0, 0.05) is 43.8 Å². The molecule has 0 saturated heterocycles. The molecule has 6 heteroatoms. The van der Waals surface area contributed by atoms with Crippen LogP contribution >= 0.6 is 0 Å². The van der Waals surface area contributed by atoms with Crippen LogP contribution in [-0.4, -0.2) is 42.1 Å². The summed E-state index contributed by atoms with van der Waals surface area (Å²) in [5.74, 6) is -0.174. The summed E-state index contributed by atoms with van der Waals surface area (Å²) >= 11 is 0. The van der Waals surface area contributed by atoms with Gasteiger partial charge in [-0.15, -0.1) is 0 Å². The number of anilines is 1. The maximum atomic E-state index is 12.8. The van der Waals surface area contributed by atoms with Crippen LogP contribution in [-0.2, 0) is 16.1 Å². The molecule has 3 aromatic carbocycles. The molecule has 0 aromatic heterocycles. The van der Waals surface area contributed by atoms with Crippen molar-refractivity contribution < 1.29 is 19.4 Å². The standard InChI is InChI=1S/C30H34N2O4/c1-23(10-9-15-28(34)32(20-21-33)22-24-11-5-3-6-12-24)29(36-2)25-16-18-27(19-17-25)31-30(35)26-13-7-4-8-14-26/h3-14,16-19,23,29,33H,15,20-22H2,1-2H3,(H,31,35)/b10-9+/t23-,29+/m1/s1. The lowest BCUT2D eigenvalue weighted by Crippen LogP contribution is -2.32. The van der Waals surface area contributed by atoms with Crippen LogP contribution in [0.5, 0.6) is 0 Å². The Balaban J connectivity index is 1.57. The minimum atomic E-state index is -0.201. The Morgan fingerprint density at radius 1 is 0.972 bits per heavy atom. The zero-order chi connectivity index (χ0) is 25.8. The van der Waals surface area contributed by atoms with Gasteiger partial charge in [0.15, 0.2) is 0 Å². The van der Waals surface area contributed by atoms with Crippen molar-refractivity contribution in [2.75, 3.05) is 25.6 Å². The number of benzene rings is 3. The van der Waals surface area contributed by atoms with Gasteiger partial charge in [-0.1, -0.05) is 79.7 Å². The predicted molar refractivity (Wildman–Crippen MR) is 142 cm³/mol. The molecule has 0 bridgehead atoms. The number of hydrogen-bond acceptors (Lipinski definition) is 4. The Hall–Kier alpha value is -3.74. The Morgan fingerprint density at radius 3 is 2.22 bits per heavy atom. The minimum absolute atomic E-state index is 0.0213. The van der Waals surface area contributed by atoms with Crippen molar-refractivity contribution in [1.29, 1.82) is 0 Å². The summed E-state index contributed by atoms with van der Waals surface area (Å²) in [6.45, 7) is 2.73. The number of nitrogens with zero attached hydrogens (tertiary/aromatic N) is 1. The van der Waals surface area contributed by atoms with Crippen molar-refractivity contribution in [2.45, 2.75) is 26.0 Å². The van der Waals surface area contributed by atoms with E-state index in [0.717, 1.165) is 11.1 Å². The van der Waals surface area contributed by atoms with Gasteiger partial charge in [-0.3, -0.25) is 9.59 Å². The van der Waals surface area contributed by atoms with Crippen molar-refractivity contribution in [3.63, 3.8) is 0 Å². The van der Waals surface area contributed by atoms with E-state index in [1.807, 2.05) is 91.9 Å². The van der Waals surface area contributed by atoms with E-state index >= 15 is 0 Å². The number of carbonyl (C=O) groups excluding carboxylic acids is 2. The van der Waals surface area contributed by atoms with Crippen LogP contribution in [0.3, 0.4) is 0 Å². The first-order valence-electron chi connectivity index (χ1n) is 12.1. The molecule has 0 spiro atoms. The highest BCUT2D eigenvalue weighted by Crippen LogP contribution is 2.28. The van der Waals surface area contributed by atoms with Crippen LogP contribution in [0.15, 0.2) is 97.1 Å². The van der Waals surface area contributed by atoms with Crippen LogP contribution in [0, 0.1) is 5.92 Å². The summed E-state index contributed by atoms with van der Waals surface area (Å²) in [5, 5.41) is 12.3. The molecule has 36 heavy (non-hydrogen) atoms. The fourth-order valence-corrected chi connectivity index (χ4v) is 4.03. The fraction of sp³-hybridized carbons (Fsp3) is 0.267. The lowest BCUT2D eigenvalue weighted by atomic mass is 9.96. The zero-order valence-electron chi connectivity index (χ0n) is 20.8. The van der Waals surface area contributed by atoms with E-state index in [1.54, 1.807) is 24.1 Å². The summed E-state index contributed by atoms with van der Waals surface area (Å²) in [6, 6.07) is 26.4. The second-order valence-electron chi connectivity index (χ2n) is 8.61. The number of aliphatic hydroxyl groups is 1. The highest BCUT2D eigenvalue weighted by molar-refractivity contribution is 6.04. The zero-order valence-corrected chi connectivity index (χ0v) is 20.8. The quantitative estimate of drug-likeness (QED) is 0.344. The van der Waals surface area contributed by atoms with Gasteiger partial charge in [0.25, 0.3) is 5.91 Å². The summed E-state index contributed by atoms with van der Waals surface area (Å²) in [5.41, 5.74) is 3.31. The first-order valence-corrected chi connectivity index (χ1v) is 12.1. The Kier molecular flexibility index (Phi) is 10.4. The molecule has 0 aliphatic rings. The number of amides is 2. The van der Waals surface area contributed by atoms with Gasteiger partial charge in [0.1, 0.15) is 0 Å². The molecule has 0 aliphatic carbocycles. The van der Waals surface area contributed by atoms with Crippen molar-refractivity contribution in [1.82, 2.24) is 4.90 Å². The average Bonchev–Trinajstić information content (AvgIpc) is 2.91. The highest BCUT2D eigenvalue weighted by Gasteiger charge is 2.18. The third kappa shape index (κ3) is 7.90. The normalized spacial score (nSPS) is 12.8. The fourth-order valence-electron chi connectivity index (χ4n) is 4.03. The van der Waals surface area contributed by atoms with Gasteiger partial charge in [-0.2, -0.15) is 0 Å². The van der Waals surface area contributed by atoms with E-state index in [2.05, 4.69) is 5.32 Å². The predicted octanol–water partition coefficient (Wildman–Crippen LogP) is 5.23. The van der Waals surface area contributed by atoms with Crippen LogP contribution in [0.25, 0.3) is 0 Å². The number of nitrogens with one attached hydrogen (secondary N) is 1. The molecule has 188 valence electrons. The molecule has 3 aromatic rings. The number of hydrogen-bond donors (Lipinski definition) is 2. The summed E-state index contributed by atoms with van der Waals surface area (Å²) in [4.78, 5) is 26.8. The van der Waals surface area contributed by atoms with Crippen molar-refractivity contribution >= 4 is 17.5 Å². The third-order valence-electron chi connectivity index (χ3n) is 5.94. The van der Waals surface area contributed by atoms with E-state index in [1.165, 1.54) is 0 Å². The molecule has 3 rings (SSSR count). The summed E-state index contributed by atoms with van der Waals surface area (Å²) in [6.07, 6.45) is 3.89. The topological polar surface area (TPSA) is 78.9 Å². The molecule has 0 heterocycles. The lowest BCUT2D eigenvalue weighted by Gasteiger charge is -2.22. The maximum Gasteiger partial charge on any atom is 0.255 e. The number of methoxy groups -OCH3 is 1. The SMILES string of the molecule is CO[C@H](c1ccc(NC(=O)c2ccccc2)cc1)[C@H](C)/C=C/CC(=O)N(CCO)Cc1ccccc1. The van der Waals surface area contributed by atoms with Gasteiger partial charge in [0.2, 0.25) is 5.91 Å². The van der Waals surface area contributed by atoms with Gasteiger partial charge in [0.05, 0.1) is 12.7 Å². The van der Waals surface area contributed by atoms with Crippen molar-refractivity contribution in [2.24, 2.45) is 5.92 Å². The molecule has 6 nitrogen and oxygen atoms in total. The van der Waals surface area contributed by atoms with E-state index < -0.39 is 0 Å². The van der Waals surface area contributed by atoms with Crippen LogP contribution < -0.4 is 5.32 Å². The average molecular weight is 487 g/mol. The molecule has 0 saturated carbocycles. The number of rotatable bonds is 12. The molecule has 0 unspecified atom stereocenters.